The zero-order valence-corrected chi connectivity index (χ0v) is 11.8. The third-order valence-corrected chi connectivity index (χ3v) is 4.04. The van der Waals surface area contributed by atoms with E-state index in [1.807, 2.05) is 26.8 Å². The lowest BCUT2D eigenvalue weighted by Crippen LogP contribution is -2.34. The second-order valence-corrected chi connectivity index (χ2v) is 7.36. The molecule has 6 heteroatoms. The largest absolute Gasteiger partial charge is 0.244 e. The van der Waals surface area contributed by atoms with E-state index in [1.165, 1.54) is 22.6 Å². The minimum atomic E-state index is -3.54. The average molecular weight is 267 g/mol. The Morgan fingerprint density at radius 3 is 2.39 bits per heavy atom. The number of sulfonamides is 1. The quantitative estimate of drug-likeness (QED) is 0.834. The highest BCUT2D eigenvalue weighted by Gasteiger charge is 2.25. The van der Waals surface area contributed by atoms with E-state index in [4.69, 9.17) is 5.26 Å². The van der Waals surface area contributed by atoms with Crippen molar-refractivity contribution in [2.45, 2.75) is 25.7 Å². The lowest BCUT2D eigenvalue weighted by atomic mass is 9.97. The third kappa shape index (κ3) is 3.52. The fourth-order valence-electron chi connectivity index (χ4n) is 1.53. The lowest BCUT2D eigenvalue weighted by molar-refractivity contribution is 0.310. The average Bonchev–Trinajstić information content (AvgIpc) is 2.27. The van der Waals surface area contributed by atoms with Crippen molar-refractivity contribution in [2.75, 3.05) is 13.6 Å². The van der Waals surface area contributed by atoms with Crippen molar-refractivity contribution >= 4 is 10.0 Å². The standard InChI is InChI=1S/C12H17N3O2S/c1-12(2,3)9-15(4)18(16,17)11-6-5-10(7-13)14-8-11/h5-6,8H,9H2,1-4H3. The minimum Gasteiger partial charge on any atom is -0.244 e. The molecule has 0 N–H and O–H groups in total. The van der Waals surface area contributed by atoms with Gasteiger partial charge in [0.15, 0.2) is 0 Å². The summed E-state index contributed by atoms with van der Waals surface area (Å²) in [5.41, 5.74) is 0.0781. The Hall–Kier alpha value is -1.45. The van der Waals surface area contributed by atoms with Crippen LogP contribution in [0.5, 0.6) is 0 Å². The minimum absolute atomic E-state index is 0.105. The Kier molecular flexibility index (Phi) is 4.09. The topological polar surface area (TPSA) is 74.1 Å². The summed E-state index contributed by atoms with van der Waals surface area (Å²) in [7, 11) is -2.00. The van der Waals surface area contributed by atoms with Crippen LogP contribution in [-0.4, -0.2) is 31.3 Å². The molecular formula is C12H17N3O2S. The number of rotatable bonds is 3. The maximum absolute atomic E-state index is 12.2. The van der Waals surface area contributed by atoms with Crippen molar-refractivity contribution in [3.05, 3.63) is 24.0 Å². The number of nitriles is 1. The zero-order chi connectivity index (χ0) is 14.0. The smallest absolute Gasteiger partial charge is 0.244 e. The molecule has 0 atom stereocenters. The van der Waals surface area contributed by atoms with Crippen LogP contribution in [-0.2, 0) is 10.0 Å². The van der Waals surface area contributed by atoms with E-state index >= 15 is 0 Å². The van der Waals surface area contributed by atoms with Crippen LogP contribution in [0, 0.1) is 16.7 Å². The Bertz CT molecular complexity index is 550. The van der Waals surface area contributed by atoms with Crippen LogP contribution < -0.4 is 0 Å². The SMILES string of the molecule is CN(CC(C)(C)C)S(=O)(=O)c1ccc(C#N)nc1. The van der Waals surface area contributed by atoms with Crippen molar-refractivity contribution in [3.63, 3.8) is 0 Å². The van der Waals surface area contributed by atoms with Crippen molar-refractivity contribution in [1.82, 2.24) is 9.29 Å². The summed E-state index contributed by atoms with van der Waals surface area (Å²) < 4.78 is 25.7. The summed E-state index contributed by atoms with van der Waals surface area (Å²) in [5.74, 6) is 0. The van der Waals surface area contributed by atoms with Crippen LogP contribution in [0.2, 0.25) is 0 Å². The number of hydrogen-bond acceptors (Lipinski definition) is 4. The molecule has 0 aromatic carbocycles. The molecule has 0 aliphatic carbocycles. The van der Waals surface area contributed by atoms with E-state index in [0.29, 0.717) is 6.54 Å². The van der Waals surface area contributed by atoms with Crippen molar-refractivity contribution in [3.8, 4) is 6.07 Å². The summed E-state index contributed by atoms with van der Waals surface area (Å²) >= 11 is 0. The van der Waals surface area contributed by atoms with Gasteiger partial charge in [-0.2, -0.15) is 5.26 Å². The second-order valence-electron chi connectivity index (χ2n) is 5.31. The van der Waals surface area contributed by atoms with E-state index in [-0.39, 0.29) is 16.0 Å². The summed E-state index contributed by atoms with van der Waals surface area (Å²) in [6, 6.07) is 4.66. The molecule has 0 saturated heterocycles. The molecular weight excluding hydrogens is 250 g/mol. The molecule has 1 heterocycles. The van der Waals surface area contributed by atoms with Gasteiger partial charge < -0.3 is 0 Å². The Balaban J connectivity index is 3.02. The monoisotopic (exact) mass is 267 g/mol. The van der Waals surface area contributed by atoms with Gasteiger partial charge in [-0.05, 0) is 17.5 Å². The maximum atomic E-state index is 12.2. The molecule has 18 heavy (non-hydrogen) atoms. The van der Waals surface area contributed by atoms with Crippen molar-refractivity contribution in [2.24, 2.45) is 5.41 Å². The van der Waals surface area contributed by atoms with E-state index in [0.717, 1.165) is 0 Å². The first kappa shape index (κ1) is 14.6. The van der Waals surface area contributed by atoms with Gasteiger partial charge in [0, 0.05) is 19.8 Å². The number of pyridine rings is 1. The van der Waals surface area contributed by atoms with Crippen LogP contribution in [0.1, 0.15) is 26.5 Å². The lowest BCUT2D eigenvalue weighted by Gasteiger charge is -2.25. The number of nitrogens with zero attached hydrogens (tertiary/aromatic N) is 3. The van der Waals surface area contributed by atoms with E-state index in [9.17, 15) is 8.42 Å². The Labute approximate surface area is 108 Å². The number of aromatic nitrogens is 1. The van der Waals surface area contributed by atoms with Crippen LogP contribution in [0.4, 0.5) is 0 Å². The van der Waals surface area contributed by atoms with Gasteiger partial charge in [-0.15, -0.1) is 0 Å². The predicted molar refractivity (Wildman–Crippen MR) is 68.2 cm³/mol. The van der Waals surface area contributed by atoms with E-state index < -0.39 is 10.0 Å². The van der Waals surface area contributed by atoms with Gasteiger partial charge in [0.2, 0.25) is 10.0 Å². The molecule has 0 radical (unpaired) electrons. The van der Waals surface area contributed by atoms with E-state index in [2.05, 4.69) is 4.98 Å². The van der Waals surface area contributed by atoms with E-state index in [1.54, 1.807) is 7.05 Å². The highest BCUT2D eigenvalue weighted by Crippen LogP contribution is 2.20. The predicted octanol–water partition coefficient (Wildman–Crippen LogP) is 1.62. The summed E-state index contributed by atoms with van der Waals surface area (Å²) in [4.78, 5) is 3.88. The summed E-state index contributed by atoms with van der Waals surface area (Å²) in [5, 5.41) is 8.62. The highest BCUT2D eigenvalue weighted by molar-refractivity contribution is 7.89. The molecule has 0 bridgehead atoms. The van der Waals surface area contributed by atoms with Gasteiger partial charge in [-0.25, -0.2) is 17.7 Å². The van der Waals surface area contributed by atoms with Gasteiger partial charge in [0.1, 0.15) is 16.7 Å². The molecule has 1 aromatic rings. The third-order valence-electron chi connectivity index (χ3n) is 2.26. The van der Waals surface area contributed by atoms with Gasteiger partial charge in [0.05, 0.1) is 0 Å². The Morgan fingerprint density at radius 2 is 2.00 bits per heavy atom. The van der Waals surface area contributed by atoms with Crippen LogP contribution in [0.25, 0.3) is 0 Å². The zero-order valence-electron chi connectivity index (χ0n) is 11.0. The van der Waals surface area contributed by atoms with Crippen molar-refractivity contribution < 1.29 is 8.42 Å². The molecule has 0 aliphatic heterocycles. The Morgan fingerprint density at radius 1 is 1.39 bits per heavy atom. The molecule has 0 spiro atoms. The van der Waals surface area contributed by atoms with Gasteiger partial charge >= 0.3 is 0 Å². The normalized spacial score (nSPS) is 12.4. The van der Waals surface area contributed by atoms with Crippen molar-refractivity contribution in [1.29, 1.82) is 5.26 Å². The summed E-state index contributed by atoms with van der Waals surface area (Å²) in [6.45, 7) is 6.32. The maximum Gasteiger partial charge on any atom is 0.244 e. The molecule has 98 valence electrons. The first-order valence-electron chi connectivity index (χ1n) is 5.49. The first-order chi connectivity index (χ1) is 8.16. The van der Waals surface area contributed by atoms with Crippen LogP contribution in [0.3, 0.4) is 0 Å². The molecule has 1 aromatic heterocycles. The molecule has 0 aliphatic rings. The van der Waals surface area contributed by atoms with Crippen LogP contribution >= 0.6 is 0 Å². The second kappa shape index (κ2) is 5.04. The van der Waals surface area contributed by atoms with Gasteiger partial charge in [-0.1, -0.05) is 20.8 Å². The first-order valence-corrected chi connectivity index (χ1v) is 6.93. The number of hydrogen-bond donors (Lipinski definition) is 0. The van der Waals surface area contributed by atoms with Gasteiger partial charge in [0.25, 0.3) is 0 Å². The molecule has 5 nitrogen and oxygen atoms in total. The molecule has 0 unspecified atom stereocenters. The molecule has 1 rings (SSSR count). The molecule has 0 fully saturated rings. The van der Waals surface area contributed by atoms with Crippen LogP contribution in [0.15, 0.2) is 23.2 Å². The molecule has 0 saturated carbocycles. The fourth-order valence-corrected chi connectivity index (χ4v) is 2.88. The highest BCUT2D eigenvalue weighted by atomic mass is 32.2. The summed E-state index contributed by atoms with van der Waals surface area (Å²) in [6.07, 6.45) is 1.22. The molecule has 0 amide bonds. The van der Waals surface area contributed by atoms with Gasteiger partial charge in [-0.3, -0.25) is 0 Å². The fraction of sp³-hybridized carbons (Fsp3) is 0.500.